The summed E-state index contributed by atoms with van der Waals surface area (Å²) < 4.78 is 28.7. The van der Waals surface area contributed by atoms with Crippen LogP contribution in [0.1, 0.15) is 24.4 Å². The number of hydrogen-bond donors (Lipinski definition) is 0. The second kappa shape index (κ2) is 4.41. The topological polar surface area (TPSA) is 86.0 Å². The fraction of sp³-hybridized carbons (Fsp3) is 0.417. The number of nitrogens with zero attached hydrogens (tertiary/aromatic N) is 3. The molecule has 2 aromatic rings. The van der Waals surface area contributed by atoms with E-state index in [0.29, 0.717) is 5.82 Å². The number of hydrogen-bond acceptors (Lipinski definition) is 6. The van der Waals surface area contributed by atoms with Gasteiger partial charge in [-0.1, -0.05) is 5.16 Å². The van der Waals surface area contributed by atoms with Crippen LogP contribution in [0.5, 0.6) is 0 Å². The second-order valence-corrected chi connectivity index (χ2v) is 6.94. The molecule has 1 saturated carbocycles. The molecule has 0 unspecified atom stereocenters. The van der Waals surface area contributed by atoms with Crippen molar-refractivity contribution < 1.29 is 12.9 Å². The summed E-state index contributed by atoms with van der Waals surface area (Å²) >= 11 is 0. The number of rotatable bonds is 4. The van der Waals surface area contributed by atoms with Gasteiger partial charge in [0.25, 0.3) is 0 Å². The monoisotopic (exact) mass is 279 g/mol. The lowest BCUT2D eigenvalue weighted by molar-refractivity contribution is 0.389. The predicted molar refractivity (Wildman–Crippen MR) is 67.9 cm³/mol. The quantitative estimate of drug-likeness (QED) is 0.843. The Balaban J connectivity index is 1.86. The molecule has 2 aromatic heterocycles. The van der Waals surface area contributed by atoms with Gasteiger partial charge in [0.15, 0.2) is 9.84 Å². The maximum Gasteiger partial charge on any atom is 0.242 e. The average molecular weight is 279 g/mol. The van der Waals surface area contributed by atoms with Crippen molar-refractivity contribution in [1.29, 1.82) is 0 Å². The fourth-order valence-electron chi connectivity index (χ4n) is 1.86. The van der Waals surface area contributed by atoms with E-state index in [9.17, 15) is 8.42 Å². The number of aromatic nitrogens is 3. The maximum absolute atomic E-state index is 11.8. The highest BCUT2D eigenvalue weighted by Gasteiger charge is 2.36. The van der Waals surface area contributed by atoms with E-state index in [2.05, 4.69) is 15.1 Å². The fourth-order valence-corrected chi connectivity index (χ4v) is 3.41. The van der Waals surface area contributed by atoms with Gasteiger partial charge < -0.3 is 4.52 Å². The molecule has 6 nitrogen and oxygen atoms in total. The normalized spacial score (nSPS) is 15.6. The van der Waals surface area contributed by atoms with Crippen molar-refractivity contribution in [2.45, 2.75) is 30.8 Å². The van der Waals surface area contributed by atoms with E-state index in [0.717, 1.165) is 24.1 Å². The lowest BCUT2D eigenvalue weighted by Gasteiger charge is -1.97. The van der Waals surface area contributed by atoms with Crippen LogP contribution in [0.4, 0.5) is 0 Å². The van der Waals surface area contributed by atoms with E-state index >= 15 is 0 Å². The Kier molecular flexibility index (Phi) is 2.85. The summed E-state index contributed by atoms with van der Waals surface area (Å²) in [5.41, 5.74) is 1.53. The Hall–Kier alpha value is -1.76. The summed E-state index contributed by atoms with van der Waals surface area (Å²) in [7, 11) is -3.13. The molecule has 100 valence electrons. The first-order valence-electron chi connectivity index (χ1n) is 6.02. The molecule has 0 aromatic carbocycles. The van der Waals surface area contributed by atoms with Crippen LogP contribution in [0.2, 0.25) is 0 Å². The molecular formula is C12H13N3O3S. The Morgan fingerprint density at radius 2 is 2.21 bits per heavy atom. The number of aryl methyl sites for hydroxylation is 1. The Morgan fingerprint density at radius 1 is 1.42 bits per heavy atom. The van der Waals surface area contributed by atoms with Crippen molar-refractivity contribution >= 4 is 9.84 Å². The van der Waals surface area contributed by atoms with Gasteiger partial charge in [0.05, 0.1) is 5.25 Å². The highest BCUT2D eigenvalue weighted by atomic mass is 32.2. The third-order valence-electron chi connectivity index (χ3n) is 3.07. The Labute approximate surface area is 110 Å². The van der Waals surface area contributed by atoms with Gasteiger partial charge in [-0.15, -0.1) is 0 Å². The van der Waals surface area contributed by atoms with Crippen LogP contribution in [-0.2, 0) is 15.6 Å². The Morgan fingerprint density at radius 3 is 2.89 bits per heavy atom. The molecule has 0 spiro atoms. The van der Waals surface area contributed by atoms with Gasteiger partial charge in [0.2, 0.25) is 11.7 Å². The lowest BCUT2D eigenvalue weighted by Crippen LogP contribution is -2.09. The SMILES string of the molecule is Cc1ncccc1-c1noc(CS(=O)(=O)C2CC2)n1. The van der Waals surface area contributed by atoms with Crippen LogP contribution < -0.4 is 0 Å². The molecule has 1 fully saturated rings. The molecule has 3 rings (SSSR count). The van der Waals surface area contributed by atoms with Gasteiger partial charge in [0.1, 0.15) is 5.75 Å². The standard InChI is InChI=1S/C12H13N3O3S/c1-8-10(3-2-6-13-8)12-14-11(18-15-12)7-19(16,17)9-4-5-9/h2-3,6,9H,4-5,7H2,1H3. The minimum atomic E-state index is -3.13. The lowest BCUT2D eigenvalue weighted by atomic mass is 10.2. The number of sulfone groups is 1. The van der Waals surface area contributed by atoms with E-state index in [-0.39, 0.29) is 16.9 Å². The minimum Gasteiger partial charge on any atom is -0.338 e. The first-order chi connectivity index (χ1) is 9.06. The molecule has 0 atom stereocenters. The van der Waals surface area contributed by atoms with Gasteiger partial charge in [-0.25, -0.2) is 8.42 Å². The smallest absolute Gasteiger partial charge is 0.242 e. The van der Waals surface area contributed by atoms with E-state index < -0.39 is 9.84 Å². The van der Waals surface area contributed by atoms with Crippen LogP contribution in [0.25, 0.3) is 11.4 Å². The molecule has 0 amide bonds. The zero-order valence-corrected chi connectivity index (χ0v) is 11.2. The summed E-state index contributed by atoms with van der Waals surface area (Å²) in [6.45, 7) is 1.84. The van der Waals surface area contributed by atoms with Gasteiger partial charge in [-0.3, -0.25) is 4.98 Å². The van der Waals surface area contributed by atoms with E-state index in [1.165, 1.54) is 0 Å². The van der Waals surface area contributed by atoms with Gasteiger partial charge in [-0.05, 0) is 31.9 Å². The molecule has 1 aliphatic rings. The first-order valence-corrected chi connectivity index (χ1v) is 7.74. The van der Waals surface area contributed by atoms with Crippen LogP contribution in [-0.4, -0.2) is 28.8 Å². The molecule has 2 heterocycles. The molecule has 0 N–H and O–H groups in total. The third kappa shape index (κ3) is 2.51. The molecule has 0 bridgehead atoms. The molecule has 7 heteroatoms. The minimum absolute atomic E-state index is 0.144. The summed E-state index contributed by atoms with van der Waals surface area (Å²) in [6.07, 6.45) is 3.16. The van der Waals surface area contributed by atoms with Crippen LogP contribution in [0.15, 0.2) is 22.9 Å². The highest BCUT2D eigenvalue weighted by Crippen LogP contribution is 2.31. The molecule has 0 saturated heterocycles. The van der Waals surface area contributed by atoms with Crippen molar-refractivity contribution in [1.82, 2.24) is 15.1 Å². The Bertz CT molecular complexity index is 705. The van der Waals surface area contributed by atoms with Gasteiger partial charge in [-0.2, -0.15) is 4.98 Å². The average Bonchev–Trinajstić information content (AvgIpc) is 3.13. The molecule has 1 aliphatic carbocycles. The van der Waals surface area contributed by atoms with Crippen molar-refractivity contribution in [2.75, 3.05) is 0 Å². The van der Waals surface area contributed by atoms with E-state index in [1.54, 1.807) is 12.3 Å². The summed E-state index contributed by atoms with van der Waals surface area (Å²) in [5.74, 6) is 0.348. The third-order valence-corrected chi connectivity index (χ3v) is 5.21. The second-order valence-electron chi connectivity index (χ2n) is 4.65. The van der Waals surface area contributed by atoms with Gasteiger partial charge >= 0.3 is 0 Å². The highest BCUT2D eigenvalue weighted by molar-refractivity contribution is 7.91. The van der Waals surface area contributed by atoms with Crippen molar-refractivity contribution in [3.8, 4) is 11.4 Å². The summed E-state index contributed by atoms with van der Waals surface area (Å²) in [5, 5.41) is 3.60. The van der Waals surface area contributed by atoms with Crippen molar-refractivity contribution in [3.05, 3.63) is 29.9 Å². The summed E-state index contributed by atoms with van der Waals surface area (Å²) in [4.78, 5) is 8.28. The summed E-state index contributed by atoms with van der Waals surface area (Å²) in [6, 6.07) is 3.60. The molecule has 0 aliphatic heterocycles. The molecular weight excluding hydrogens is 266 g/mol. The van der Waals surface area contributed by atoms with Crippen LogP contribution in [0, 0.1) is 6.92 Å². The first kappa shape index (κ1) is 12.3. The van der Waals surface area contributed by atoms with Crippen LogP contribution >= 0.6 is 0 Å². The van der Waals surface area contributed by atoms with E-state index in [4.69, 9.17) is 4.52 Å². The van der Waals surface area contributed by atoms with Crippen molar-refractivity contribution in [2.24, 2.45) is 0 Å². The molecule has 0 radical (unpaired) electrons. The van der Waals surface area contributed by atoms with Crippen LogP contribution in [0.3, 0.4) is 0 Å². The zero-order chi connectivity index (χ0) is 13.5. The van der Waals surface area contributed by atoms with E-state index in [1.807, 2.05) is 13.0 Å². The maximum atomic E-state index is 11.8. The number of pyridine rings is 1. The largest absolute Gasteiger partial charge is 0.338 e. The zero-order valence-electron chi connectivity index (χ0n) is 10.4. The van der Waals surface area contributed by atoms with Gasteiger partial charge in [0, 0.05) is 17.5 Å². The predicted octanol–water partition coefficient (Wildman–Crippen LogP) is 1.52. The molecule has 19 heavy (non-hydrogen) atoms. The van der Waals surface area contributed by atoms with Crippen molar-refractivity contribution in [3.63, 3.8) is 0 Å².